The summed E-state index contributed by atoms with van der Waals surface area (Å²) < 4.78 is 10.2. The predicted molar refractivity (Wildman–Crippen MR) is 78.8 cm³/mol. The third-order valence-electron chi connectivity index (χ3n) is 2.88. The average molecular weight is 305 g/mol. The molecule has 2 rings (SSSR count). The highest BCUT2D eigenvalue weighted by atomic mass is 16.5. The van der Waals surface area contributed by atoms with E-state index in [0.29, 0.717) is 17.9 Å². The van der Waals surface area contributed by atoms with Crippen molar-refractivity contribution in [3.8, 4) is 17.0 Å². The Morgan fingerprint density at radius 3 is 2.68 bits per heavy atom. The molecule has 0 aliphatic rings. The maximum absolute atomic E-state index is 11.8. The summed E-state index contributed by atoms with van der Waals surface area (Å²) in [5.74, 6) is -0.256. The number of ether oxygens (including phenoxy) is 2. The SMILES string of the molecule is CCOC(=O)c1n[nH]nc1-c1ccc(OCC)c(B(O)O)c1. The van der Waals surface area contributed by atoms with Gasteiger partial charge in [-0.2, -0.15) is 10.3 Å². The first-order valence-electron chi connectivity index (χ1n) is 6.79. The highest BCUT2D eigenvalue weighted by molar-refractivity contribution is 6.59. The number of hydrogen-bond acceptors (Lipinski definition) is 7. The van der Waals surface area contributed by atoms with Crippen molar-refractivity contribution in [3.63, 3.8) is 0 Å². The van der Waals surface area contributed by atoms with Gasteiger partial charge in [-0.05, 0) is 32.0 Å². The number of esters is 1. The Balaban J connectivity index is 2.44. The molecule has 2 aromatic rings. The fourth-order valence-electron chi connectivity index (χ4n) is 1.96. The second-order valence-electron chi connectivity index (χ2n) is 4.30. The smallest absolute Gasteiger partial charge is 0.492 e. The zero-order valence-electron chi connectivity index (χ0n) is 12.2. The second-order valence-corrected chi connectivity index (χ2v) is 4.30. The molecule has 0 atom stereocenters. The lowest BCUT2D eigenvalue weighted by Crippen LogP contribution is -2.31. The number of hydrogen-bond donors (Lipinski definition) is 3. The van der Waals surface area contributed by atoms with Crippen LogP contribution in [0.1, 0.15) is 24.3 Å². The topological polar surface area (TPSA) is 118 Å². The van der Waals surface area contributed by atoms with Crippen molar-refractivity contribution in [1.29, 1.82) is 0 Å². The van der Waals surface area contributed by atoms with E-state index in [0.717, 1.165) is 0 Å². The number of carbonyl (C=O) groups is 1. The Morgan fingerprint density at radius 1 is 1.27 bits per heavy atom. The zero-order valence-corrected chi connectivity index (χ0v) is 12.2. The minimum Gasteiger partial charge on any atom is -0.494 e. The summed E-state index contributed by atoms with van der Waals surface area (Å²) in [5, 5.41) is 29.0. The van der Waals surface area contributed by atoms with Crippen molar-refractivity contribution >= 4 is 18.6 Å². The second kappa shape index (κ2) is 7.05. The number of carbonyl (C=O) groups excluding carboxylic acids is 1. The van der Waals surface area contributed by atoms with Crippen molar-refractivity contribution in [3.05, 3.63) is 23.9 Å². The van der Waals surface area contributed by atoms with Crippen LogP contribution in [0.15, 0.2) is 18.2 Å². The van der Waals surface area contributed by atoms with Gasteiger partial charge >= 0.3 is 13.1 Å². The van der Waals surface area contributed by atoms with Gasteiger partial charge in [0.05, 0.1) is 13.2 Å². The lowest BCUT2D eigenvalue weighted by molar-refractivity contribution is 0.0520. The molecule has 0 radical (unpaired) electrons. The molecule has 0 unspecified atom stereocenters. The first kappa shape index (κ1) is 16.0. The number of aromatic amines is 1. The molecule has 9 heteroatoms. The van der Waals surface area contributed by atoms with E-state index < -0.39 is 13.1 Å². The van der Waals surface area contributed by atoms with Crippen LogP contribution in [0.2, 0.25) is 0 Å². The molecular formula is C13H16BN3O5. The van der Waals surface area contributed by atoms with Gasteiger partial charge in [0, 0.05) is 11.0 Å². The molecule has 1 aromatic carbocycles. The number of H-pyrrole nitrogens is 1. The van der Waals surface area contributed by atoms with E-state index in [2.05, 4.69) is 15.4 Å². The molecule has 116 valence electrons. The van der Waals surface area contributed by atoms with Crippen molar-refractivity contribution < 1.29 is 24.3 Å². The molecule has 0 fully saturated rings. The quantitative estimate of drug-likeness (QED) is 0.496. The Labute approximate surface area is 127 Å². The Bertz CT molecular complexity index is 659. The molecule has 8 nitrogen and oxygen atoms in total. The molecule has 0 aliphatic carbocycles. The van der Waals surface area contributed by atoms with Crippen molar-refractivity contribution in [1.82, 2.24) is 15.4 Å². The van der Waals surface area contributed by atoms with Crippen LogP contribution in [0.4, 0.5) is 0 Å². The maximum Gasteiger partial charge on any atom is 0.492 e. The fraction of sp³-hybridized carbons (Fsp3) is 0.308. The lowest BCUT2D eigenvalue weighted by atomic mass is 9.78. The van der Waals surface area contributed by atoms with Crippen molar-refractivity contribution in [2.75, 3.05) is 13.2 Å². The molecule has 0 aliphatic heterocycles. The Morgan fingerprint density at radius 2 is 2.05 bits per heavy atom. The van der Waals surface area contributed by atoms with Crippen LogP contribution in [0, 0.1) is 0 Å². The van der Waals surface area contributed by atoms with Gasteiger partial charge in [-0.15, -0.1) is 5.10 Å². The zero-order chi connectivity index (χ0) is 16.1. The summed E-state index contributed by atoms with van der Waals surface area (Å²) in [4.78, 5) is 11.8. The summed E-state index contributed by atoms with van der Waals surface area (Å²) in [5.41, 5.74) is 0.966. The van der Waals surface area contributed by atoms with Crippen molar-refractivity contribution in [2.45, 2.75) is 13.8 Å². The van der Waals surface area contributed by atoms with Crippen LogP contribution >= 0.6 is 0 Å². The van der Waals surface area contributed by atoms with Crippen LogP contribution in [0.25, 0.3) is 11.3 Å². The first-order chi connectivity index (χ1) is 10.6. The van der Waals surface area contributed by atoms with E-state index in [1.165, 1.54) is 6.07 Å². The highest BCUT2D eigenvalue weighted by Gasteiger charge is 2.23. The van der Waals surface area contributed by atoms with Crippen LogP contribution in [0.3, 0.4) is 0 Å². The lowest BCUT2D eigenvalue weighted by Gasteiger charge is -2.11. The monoisotopic (exact) mass is 305 g/mol. The molecule has 0 amide bonds. The Hall–Kier alpha value is -2.39. The number of nitrogens with one attached hydrogen (secondary N) is 1. The molecular weight excluding hydrogens is 289 g/mol. The summed E-state index contributed by atoms with van der Waals surface area (Å²) in [6.07, 6.45) is 0. The van der Waals surface area contributed by atoms with Gasteiger partial charge in [0.25, 0.3) is 0 Å². The number of nitrogens with zero attached hydrogens (tertiary/aromatic N) is 2. The number of rotatable bonds is 6. The molecule has 3 N–H and O–H groups in total. The third kappa shape index (κ3) is 3.26. The van der Waals surface area contributed by atoms with Gasteiger partial charge in [-0.3, -0.25) is 0 Å². The standard InChI is InChI=1S/C13H16BN3O5/c1-3-21-10-6-5-8(7-9(10)14(19)20)11-12(16-17-15-11)13(18)22-4-2/h5-7,19-20H,3-4H2,1-2H3,(H,15,16,17). The van der Waals surface area contributed by atoms with Gasteiger partial charge in [0.15, 0.2) is 5.69 Å². The van der Waals surface area contributed by atoms with E-state index in [1.807, 2.05) is 0 Å². The van der Waals surface area contributed by atoms with E-state index >= 15 is 0 Å². The normalized spacial score (nSPS) is 10.4. The summed E-state index contributed by atoms with van der Waals surface area (Å²) in [7, 11) is -1.71. The van der Waals surface area contributed by atoms with E-state index in [-0.39, 0.29) is 23.5 Å². The van der Waals surface area contributed by atoms with Crippen LogP contribution < -0.4 is 10.2 Å². The highest BCUT2D eigenvalue weighted by Crippen LogP contribution is 2.22. The minimum absolute atomic E-state index is 0.0318. The van der Waals surface area contributed by atoms with Gasteiger partial charge in [0.1, 0.15) is 11.4 Å². The maximum atomic E-state index is 11.8. The number of benzene rings is 1. The summed E-state index contributed by atoms with van der Waals surface area (Å²) >= 11 is 0. The molecule has 0 saturated heterocycles. The minimum atomic E-state index is -1.71. The van der Waals surface area contributed by atoms with Gasteiger partial charge < -0.3 is 19.5 Å². The van der Waals surface area contributed by atoms with Gasteiger partial charge in [0.2, 0.25) is 0 Å². The molecule has 1 aromatic heterocycles. The van der Waals surface area contributed by atoms with Crippen LogP contribution in [-0.2, 0) is 4.74 Å². The molecule has 0 saturated carbocycles. The largest absolute Gasteiger partial charge is 0.494 e. The third-order valence-corrected chi connectivity index (χ3v) is 2.88. The summed E-state index contributed by atoms with van der Waals surface area (Å²) in [6, 6.07) is 4.71. The summed E-state index contributed by atoms with van der Waals surface area (Å²) in [6.45, 7) is 4.08. The Kier molecular flexibility index (Phi) is 5.13. The van der Waals surface area contributed by atoms with Gasteiger partial charge in [-0.1, -0.05) is 0 Å². The van der Waals surface area contributed by atoms with Crippen molar-refractivity contribution in [2.24, 2.45) is 0 Å². The molecule has 0 spiro atoms. The van der Waals surface area contributed by atoms with Gasteiger partial charge in [-0.25, -0.2) is 4.79 Å². The first-order valence-corrected chi connectivity index (χ1v) is 6.79. The van der Waals surface area contributed by atoms with Crippen LogP contribution in [0.5, 0.6) is 5.75 Å². The fourth-order valence-corrected chi connectivity index (χ4v) is 1.96. The molecule has 22 heavy (non-hydrogen) atoms. The number of aromatic nitrogens is 3. The predicted octanol–water partition coefficient (Wildman–Crippen LogP) is -0.273. The van der Waals surface area contributed by atoms with E-state index in [1.54, 1.807) is 26.0 Å². The van der Waals surface area contributed by atoms with Crippen LogP contribution in [-0.4, -0.2) is 51.8 Å². The molecule has 0 bridgehead atoms. The van der Waals surface area contributed by atoms with E-state index in [4.69, 9.17) is 9.47 Å². The molecule has 1 heterocycles. The average Bonchev–Trinajstić information content (AvgIpc) is 2.97. The van der Waals surface area contributed by atoms with E-state index in [9.17, 15) is 14.8 Å².